The van der Waals surface area contributed by atoms with Crippen molar-refractivity contribution in [1.29, 1.82) is 0 Å². The van der Waals surface area contributed by atoms with Crippen LogP contribution < -0.4 is 5.73 Å². The topological polar surface area (TPSA) is 63.6 Å². The Bertz CT molecular complexity index is 2860. The molecule has 0 atom stereocenters. The van der Waals surface area contributed by atoms with E-state index in [1.54, 1.807) is 0 Å². The summed E-state index contributed by atoms with van der Waals surface area (Å²) in [6.07, 6.45) is 20.1. The molecule has 2 N–H and O–H groups in total. The second-order valence-corrected chi connectivity index (χ2v) is 15.6. The molecule has 4 nitrogen and oxygen atoms in total. The van der Waals surface area contributed by atoms with E-state index in [1.165, 1.54) is 38.9 Å². The first-order valence-electron chi connectivity index (χ1n) is 21.5. The fourth-order valence-corrected chi connectivity index (χ4v) is 8.25. The molecule has 304 valence electrons. The molecule has 0 unspecified atom stereocenters. The average molecular weight is 805 g/mol. The van der Waals surface area contributed by atoms with Crippen molar-refractivity contribution < 1.29 is 0 Å². The number of nitrogens with zero attached hydrogens (tertiary/aromatic N) is 3. The van der Waals surface area contributed by atoms with Gasteiger partial charge in [-0.05, 0) is 130 Å². The molecule has 1 aromatic heterocycles. The lowest BCUT2D eigenvalue weighted by molar-refractivity contribution is 0.928. The van der Waals surface area contributed by atoms with Crippen molar-refractivity contribution in [3.63, 3.8) is 0 Å². The average Bonchev–Trinajstić information content (AvgIpc) is 3.33. The van der Waals surface area contributed by atoms with E-state index < -0.39 is 0 Å². The second-order valence-electron chi connectivity index (χ2n) is 15.6. The summed E-state index contributed by atoms with van der Waals surface area (Å²) >= 11 is 0. The van der Waals surface area contributed by atoms with Crippen molar-refractivity contribution >= 4 is 36.0 Å². The van der Waals surface area contributed by atoms with Crippen LogP contribution in [0.5, 0.6) is 0 Å². The van der Waals surface area contributed by atoms with Gasteiger partial charge in [-0.2, -0.15) is 0 Å². The standard InChI is InChI=1S/C58H52N4/c1-5-8-22-51-40(4)35-42(7-3)53(17-6-2)56(51)46-31-27-44(28-32-46)50-37-41(39-61-58(48-20-13-10-14-21-48)62-57(59)47-18-11-9-12-19-47)36-49(38-50)43-25-29-45(30-26-43)52-33-34-60-55-24-16-15-23-54(52)55/h6-15,17-23,25-38H,3,5,16,24,39H2,1-2,4H3,(H2,59,61,62)/b17-6-,22-8-. The molecule has 7 aromatic rings. The fourth-order valence-electron chi connectivity index (χ4n) is 8.25. The fraction of sp³-hybridized carbons (Fsp3) is 0.121. The third-order valence-corrected chi connectivity index (χ3v) is 11.4. The number of amidine groups is 2. The van der Waals surface area contributed by atoms with E-state index in [4.69, 9.17) is 15.7 Å². The zero-order valence-corrected chi connectivity index (χ0v) is 35.9. The monoisotopic (exact) mass is 804 g/mol. The molecule has 0 saturated heterocycles. The number of benzene rings is 6. The second kappa shape index (κ2) is 19.3. The van der Waals surface area contributed by atoms with Crippen LogP contribution in [-0.4, -0.2) is 16.7 Å². The first-order valence-corrected chi connectivity index (χ1v) is 21.5. The van der Waals surface area contributed by atoms with Gasteiger partial charge < -0.3 is 5.73 Å². The van der Waals surface area contributed by atoms with Crippen LogP contribution in [0.4, 0.5) is 0 Å². The lowest BCUT2D eigenvalue weighted by Crippen LogP contribution is -2.16. The summed E-state index contributed by atoms with van der Waals surface area (Å²) in [4.78, 5) is 14.7. The van der Waals surface area contributed by atoms with E-state index in [0.717, 1.165) is 75.0 Å². The van der Waals surface area contributed by atoms with Crippen molar-refractivity contribution in [1.82, 2.24) is 4.98 Å². The van der Waals surface area contributed by atoms with E-state index in [-0.39, 0.29) is 0 Å². The highest BCUT2D eigenvalue weighted by atomic mass is 15.0. The molecule has 62 heavy (non-hydrogen) atoms. The number of aromatic nitrogens is 1. The van der Waals surface area contributed by atoms with Crippen LogP contribution in [-0.2, 0) is 13.0 Å². The molecule has 0 fully saturated rings. The molecule has 4 heteroatoms. The van der Waals surface area contributed by atoms with Crippen LogP contribution in [0, 0.1) is 6.92 Å². The molecular weight excluding hydrogens is 753 g/mol. The molecule has 0 aliphatic heterocycles. The highest BCUT2D eigenvalue weighted by molar-refractivity contribution is 6.11. The van der Waals surface area contributed by atoms with Crippen LogP contribution in [0.15, 0.2) is 181 Å². The predicted octanol–water partition coefficient (Wildman–Crippen LogP) is 14.5. The van der Waals surface area contributed by atoms with E-state index in [0.29, 0.717) is 18.2 Å². The molecule has 0 radical (unpaired) electrons. The minimum atomic E-state index is 0.412. The van der Waals surface area contributed by atoms with Gasteiger partial charge in [0, 0.05) is 28.6 Å². The van der Waals surface area contributed by atoms with E-state index in [2.05, 4.69) is 148 Å². The molecule has 0 amide bonds. The summed E-state index contributed by atoms with van der Waals surface area (Å²) in [6.45, 7) is 11.0. The zero-order valence-electron chi connectivity index (χ0n) is 35.9. The maximum absolute atomic E-state index is 6.58. The van der Waals surface area contributed by atoms with E-state index in [9.17, 15) is 0 Å². The highest BCUT2D eigenvalue weighted by Gasteiger charge is 2.16. The van der Waals surface area contributed by atoms with Gasteiger partial charge in [0.2, 0.25) is 0 Å². The zero-order chi connectivity index (χ0) is 42.8. The Morgan fingerprint density at radius 1 is 0.726 bits per heavy atom. The van der Waals surface area contributed by atoms with Crippen LogP contribution in [0.25, 0.3) is 68.8 Å². The highest BCUT2D eigenvalue weighted by Crippen LogP contribution is 2.38. The summed E-state index contributed by atoms with van der Waals surface area (Å²) in [7, 11) is 0. The molecular formula is C58H52N4. The van der Waals surface area contributed by atoms with Crippen molar-refractivity contribution in [2.45, 2.75) is 46.6 Å². The number of allylic oxidation sites excluding steroid dienone is 3. The normalized spacial score (nSPS) is 12.9. The van der Waals surface area contributed by atoms with Gasteiger partial charge >= 0.3 is 0 Å². The first kappa shape index (κ1) is 41.3. The summed E-state index contributed by atoms with van der Waals surface area (Å²) in [5, 5.41) is 0. The summed E-state index contributed by atoms with van der Waals surface area (Å²) < 4.78 is 0. The minimum Gasteiger partial charge on any atom is -0.383 e. The summed E-state index contributed by atoms with van der Waals surface area (Å²) in [6, 6.07) is 49.0. The number of pyridine rings is 1. The van der Waals surface area contributed by atoms with Crippen molar-refractivity contribution in [2.75, 3.05) is 0 Å². The summed E-state index contributed by atoms with van der Waals surface area (Å²) in [5.41, 5.74) is 25.8. The minimum absolute atomic E-state index is 0.412. The van der Waals surface area contributed by atoms with Crippen LogP contribution in [0.2, 0.25) is 0 Å². The molecule has 0 bridgehead atoms. The molecule has 0 spiro atoms. The molecule has 0 saturated carbocycles. The largest absolute Gasteiger partial charge is 0.383 e. The van der Waals surface area contributed by atoms with Gasteiger partial charge in [0.25, 0.3) is 0 Å². The van der Waals surface area contributed by atoms with E-state index >= 15 is 0 Å². The smallest absolute Gasteiger partial charge is 0.157 e. The lowest BCUT2D eigenvalue weighted by atomic mass is 9.86. The van der Waals surface area contributed by atoms with Gasteiger partial charge in [-0.3, -0.25) is 9.98 Å². The van der Waals surface area contributed by atoms with Crippen molar-refractivity contribution in [3.8, 4) is 44.5 Å². The number of rotatable bonds is 12. The number of hydrogen-bond acceptors (Lipinski definition) is 2. The van der Waals surface area contributed by atoms with Crippen LogP contribution >= 0.6 is 0 Å². The quantitative estimate of drug-likeness (QED) is 0.0987. The molecule has 8 rings (SSSR count). The van der Waals surface area contributed by atoms with Crippen LogP contribution in [0.1, 0.15) is 76.9 Å². The van der Waals surface area contributed by atoms with E-state index in [1.807, 2.05) is 72.9 Å². The number of hydrogen-bond donors (Lipinski definition) is 1. The molecule has 6 aromatic carbocycles. The van der Waals surface area contributed by atoms with Gasteiger partial charge in [-0.1, -0.05) is 171 Å². The third kappa shape index (κ3) is 9.16. The number of fused-ring (bicyclic) bond motifs is 1. The third-order valence-electron chi connectivity index (χ3n) is 11.4. The molecule has 1 aliphatic rings. The molecule has 1 heterocycles. The maximum Gasteiger partial charge on any atom is 0.157 e. The van der Waals surface area contributed by atoms with Gasteiger partial charge in [0.1, 0.15) is 5.84 Å². The number of aliphatic imine (C=N–C) groups is 2. The Hall–Kier alpha value is -7.43. The number of nitrogens with two attached hydrogens (primary N) is 1. The maximum atomic E-state index is 6.58. The Kier molecular flexibility index (Phi) is 12.9. The Morgan fingerprint density at radius 3 is 2.02 bits per heavy atom. The first-order chi connectivity index (χ1) is 30.4. The Balaban J connectivity index is 1.22. The van der Waals surface area contributed by atoms with Gasteiger partial charge in [-0.15, -0.1) is 0 Å². The van der Waals surface area contributed by atoms with Gasteiger partial charge in [-0.25, -0.2) is 4.99 Å². The number of aryl methyl sites for hydroxylation is 2. The van der Waals surface area contributed by atoms with Crippen molar-refractivity contribution in [3.05, 3.63) is 221 Å². The summed E-state index contributed by atoms with van der Waals surface area (Å²) in [5.74, 6) is 1.01. The predicted molar refractivity (Wildman–Crippen MR) is 266 cm³/mol. The SMILES string of the molecule is C=Cc1cc(C)c(/C=C\CC)c(-c2ccc(-c3cc(CN=C(N=C(N)c4ccccc4)c4ccccc4)cc(-c4ccc(-c5ccnc6c5C=CCC6)cc4)c3)cc2)c1/C=C\C. The van der Waals surface area contributed by atoms with Crippen LogP contribution in [0.3, 0.4) is 0 Å². The van der Waals surface area contributed by atoms with Crippen molar-refractivity contribution in [2.24, 2.45) is 15.7 Å². The Labute approximate surface area is 367 Å². The molecule has 1 aliphatic carbocycles. The van der Waals surface area contributed by atoms with Gasteiger partial charge in [0.15, 0.2) is 5.84 Å². The Morgan fingerprint density at radius 2 is 1.37 bits per heavy atom. The lowest BCUT2D eigenvalue weighted by Gasteiger charge is -2.18. The van der Waals surface area contributed by atoms with Gasteiger partial charge in [0.05, 0.1) is 6.54 Å².